The number of nitrogens with zero attached hydrogens (tertiary/aromatic N) is 2. The van der Waals surface area contributed by atoms with E-state index in [0.717, 1.165) is 24.7 Å². The maximum absolute atomic E-state index is 5.71. The maximum Gasteiger partial charge on any atom is 0.131 e. The first-order valence-corrected chi connectivity index (χ1v) is 6.72. The average molecular weight is 265 g/mol. The molecule has 1 aromatic heterocycles. The molecule has 0 atom stereocenters. The van der Waals surface area contributed by atoms with Gasteiger partial charge >= 0.3 is 0 Å². The third-order valence-electron chi connectivity index (χ3n) is 2.77. The fourth-order valence-electron chi connectivity index (χ4n) is 1.31. The monoisotopic (exact) mass is 265 g/mol. The summed E-state index contributed by atoms with van der Waals surface area (Å²) in [4.78, 5) is 8.44. The van der Waals surface area contributed by atoms with Gasteiger partial charge in [0.25, 0.3) is 0 Å². The van der Waals surface area contributed by atoms with Crippen molar-refractivity contribution in [2.45, 2.75) is 34.6 Å². The van der Waals surface area contributed by atoms with Crippen LogP contribution in [0.4, 0.5) is 11.6 Å². The van der Waals surface area contributed by atoms with Crippen LogP contribution in [-0.2, 0) is 0 Å². The predicted octanol–water partition coefficient (Wildman–Crippen LogP) is 2.33. The minimum absolute atomic E-state index is 0.0595. The van der Waals surface area contributed by atoms with Gasteiger partial charge in [-0.3, -0.25) is 0 Å². The molecule has 0 spiro atoms. The Hall–Kier alpha value is -1.36. The highest BCUT2D eigenvalue weighted by molar-refractivity contribution is 5.46. The second kappa shape index (κ2) is 6.19. The molecule has 1 heterocycles. The lowest BCUT2D eigenvalue weighted by atomic mass is 9.94. The van der Waals surface area contributed by atoms with Crippen molar-refractivity contribution in [2.24, 2.45) is 16.6 Å². The molecule has 0 unspecified atom stereocenters. The Balaban J connectivity index is 2.57. The molecule has 0 radical (unpaired) electrons. The summed E-state index contributed by atoms with van der Waals surface area (Å²) < 4.78 is 0. The van der Waals surface area contributed by atoms with Crippen LogP contribution in [0.15, 0.2) is 12.4 Å². The largest absolute Gasteiger partial charge is 0.369 e. The molecule has 0 aliphatic carbocycles. The smallest absolute Gasteiger partial charge is 0.131 e. The van der Waals surface area contributed by atoms with E-state index in [-0.39, 0.29) is 10.8 Å². The van der Waals surface area contributed by atoms with Crippen LogP contribution in [0.2, 0.25) is 0 Å². The van der Waals surface area contributed by atoms with Crippen LogP contribution in [0, 0.1) is 10.8 Å². The highest BCUT2D eigenvalue weighted by Gasteiger charge is 2.15. The number of nitrogens with one attached hydrogen (secondary N) is 2. The number of rotatable bonds is 6. The van der Waals surface area contributed by atoms with E-state index in [1.807, 2.05) is 6.07 Å². The Morgan fingerprint density at radius 1 is 1.00 bits per heavy atom. The molecule has 1 aromatic rings. The van der Waals surface area contributed by atoms with Crippen molar-refractivity contribution in [3.05, 3.63) is 12.4 Å². The Morgan fingerprint density at radius 2 is 1.53 bits per heavy atom. The minimum atomic E-state index is 0.0595. The lowest BCUT2D eigenvalue weighted by Gasteiger charge is -2.23. The molecular weight excluding hydrogens is 238 g/mol. The molecule has 1 rings (SSSR count). The standard InChI is InChI=1S/C14H27N5/c1-13(2,3)8-16-11-6-12(19-10-18-11)17-9-14(4,5)7-15/h6,10H,7-9,15H2,1-5H3,(H2,16,17,18,19). The fraction of sp³-hybridized carbons (Fsp3) is 0.714. The first kappa shape index (κ1) is 15.7. The van der Waals surface area contributed by atoms with Gasteiger partial charge in [0.2, 0.25) is 0 Å². The van der Waals surface area contributed by atoms with Crippen molar-refractivity contribution in [3.63, 3.8) is 0 Å². The average Bonchev–Trinajstić information content (AvgIpc) is 2.34. The summed E-state index contributed by atoms with van der Waals surface area (Å²) in [6.45, 7) is 13.1. The molecule has 108 valence electrons. The van der Waals surface area contributed by atoms with Crippen molar-refractivity contribution in [2.75, 3.05) is 30.3 Å². The molecular formula is C14H27N5. The lowest BCUT2D eigenvalue weighted by molar-refractivity contribution is 0.405. The highest BCUT2D eigenvalue weighted by atomic mass is 15.1. The van der Waals surface area contributed by atoms with Gasteiger partial charge in [0, 0.05) is 19.2 Å². The van der Waals surface area contributed by atoms with Crippen LogP contribution < -0.4 is 16.4 Å². The van der Waals surface area contributed by atoms with Gasteiger partial charge in [0.05, 0.1) is 0 Å². The van der Waals surface area contributed by atoms with Gasteiger partial charge in [-0.25, -0.2) is 9.97 Å². The van der Waals surface area contributed by atoms with Crippen LogP contribution in [0.5, 0.6) is 0 Å². The Bertz CT molecular complexity index is 395. The molecule has 0 fully saturated rings. The van der Waals surface area contributed by atoms with E-state index in [0.29, 0.717) is 6.54 Å². The summed E-state index contributed by atoms with van der Waals surface area (Å²) in [7, 11) is 0. The molecule has 4 N–H and O–H groups in total. The number of hydrogen-bond donors (Lipinski definition) is 3. The van der Waals surface area contributed by atoms with Gasteiger partial charge in [-0.2, -0.15) is 0 Å². The third-order valence-corrected chi connectivity index (χ3v) is 2.77. The van der Waals surface area contributed by atoms with Crippen molar-refractivity contribution in [3.8, 4) is 0 Å². The maximum atomic E-state index is 5.71. The molecule has 0 saturated carbocycles. The fourth-order valence-corrected chi connectivity index (χ4v) is 1.31. The van der Waals surface area contributed by atoms with Crippen LogP contribution in [0.3, 0.4) is 0 Å². The summed E-state index contributed by atoms with van der Waals surface area (Å²) in [5.74, 6) is 1.67. The van der Waals surface area contributed by atoms with Crippen molar-refractivity contribution >= 4 is 11.6 Å². The minimum Gasteiger partial charge on any atom is -0.369 e. The second-order valence-electron chi connectivity index (χ2n) is 6.92. The molecule has 0 bridgehead atoms. The van der Waals surface area contributed by atoms with Crippen LogP contribution >= 0.6 is 0 Å². The molecule has 5 nitrogen and oxygen atoms in total. The van der Waals surface area contributed by atoms with Gasteiger partial charge < -0.3 is 16.4 Å². The molecule has 0 saturated heterocycles. The van der Waals surface area contributed by atoms with E-state index in [9.17, 15) is 0 Å². The summed E-state index contributed by atoms with van der Waals surface area (Å²) in [6, 6.07) is 1.93. The molecule has 0 aliphatic rings. The van der Waals surface area contributed by atoms with E-state index in [2.05, 4.69) is 55.2 Å². The Morgan fingerprint density at radius 3 is 2.00 bits per heavy atom. The van der Waals surface area contributed by atoms with Gasteiger partial charge in [0.1, 0.15) is 18.0 Å². The molecule has 0 aliphatic heterocycles. The Labute approximate surface area is 116 Å². The molecule has 19 heavy (non-hydrogen) atoms. The first-order valence-electron chi connectivity index (χ1n) is 6.72. The zero-order valence-electron chi connectivity index (χ0n) is 12.7. The zero-order chi connectivity index (χ0) is 14.5. The lowest BCUT2D eigenvalue weighted by Crippen LogP contribution is -2.31. The third kappa shape index (κ3) is 6.38. The van der Waals surface area contributed by atoms with Gasteiger partial charge in [-0.15, -0.1) is 0 Å². The van der Waals surface area contributed by atoms with Crippen molar-refractivity contribution < 1.29 is 0 Å². The summed E-state index contributed by atoms with van der Waals surface area (Å²) >= 11 is 0. The van der Waals surface area contributed by atoms with E-state index in [1.54, 1.807) is 6.33 Å². The summed E-state index contributed by atoms with van der Waals surface area (Å²) in [5, 5.41) is 6.62. The second-order valence-corrected chi connectivity index (χ2v) is 6.92. The van der Waals surface area contributed by atoms with Crippen molar-refractivity contribution in [1.29, 1.82) is 0 Å². The van der Waals surface area contributed by atoms with E-state index in [4.69, 9.17) is 5.73 Å². The van der Waals surface area contributed by atoms with E-state index >= 15 is 0 Å². The summed E-state index contributed by atoms with van der Waals surface area (Å²) in [5.41, 5.74) is 5.99. The summed E-state index contributed by atoms with van der Waals surface area (Å²) in [6.07, 6.45) is 1.57. The van der Waals surface area contributed by atoms with Gasteiger partial charge in [-0.05, 0) is 17.4 Å². The Kier molecular flexibility index (Phi) is 5.11. The molecule has 0 amide bonds. The number of hydrogen-bond acceptors (Lipinski definition) is 5. The normalized spacial score (nSPS) is 12.3. The van der Waals surface area contributed by atoms with Crippen molar-refractivity contribution in [1.82, 2.24) is 9.97 Å². The quantitative estimate of drug-likeness (QED) is 0.736. The van der Waals surface area contributed by atoms with Gasteiger partial charge in [0.15, 0.2) is 0 Å². The highest BCUT2D eigenvalue weighted by Crippen LogP contribution is 2.17. The number of anilines is 2. The van der Waals surface area contributed by atoms with E-state index < -0.39 is 0 Å². The van der Waals surface area contributed by atoms with Gasteiger partial charge in [-0.1, -0.05) is 34.6 Å². The number of aromatic nitrogens is 2. The number of nitrogens with two attached hydrogens (primary N) is 1. The topological polar surface area (TPSA) is 75.9 Å². The predicted molar refractivity (Wildman–Crippen MR) is 81.3 cm³/mol. The van der Waals surface area contributed by atoms with Crippen LogP contribution in [0.1, 0.15) is 34.6 Å². The molecule has 5 heteroatoms. The zero-order valence-corrected chi connectivity index (χ0v) is 12.7. The van der Waals surface area contributed by atoms with Crippen LogP contribution in [0.25, 0.3) is 0 Å². The first-order chi connectivity index (χ1) is 8.72. The SMILES string of the molecule is CC(C)(C)CNc1cc(NCC(C)(C)CN)ncn1. The molecule has 0 aromatic carbocycles. The van der Waals surface area contributed by atoms with E-state index in [1.165, 1.54) is 0 Å². The van der Waals surface area contributed by atoms with Crippen LogP contribution in [-0.4, -0.2) is 29.6 Å².